The molecule has 60 valence electrons. The van der Waals surface area contributed by atoms with E-state index in [1.807, 2.05) is 6.07 Å². The third-order valence-electron chi connectivity index (χ3n) is 1.26. The van der Waals surface area contributed by atoms with Crippen LogP contribution in [-0.4, -0.2) is 18.1 Å². The quantitative estimate of drug-likeness (QED) is 0.571. The molecular formula is C7H12N4. The number of nitrogen functional groups attached to an aromatic ring is 1. The van der Waals surface area contributed by atoms with Crippen LogP contribution in [0.25, 0.3) is 0 Å². The molecule has 11 heavy (non-hydrogen) atoms. The monoisotopic (exact) mass is 152 g/mol. The van der Waals surface area contributed by atoms with Crippen LogP contribution in [0.3, 0.4) is 0 Å². The molecule has 0 amide bonds. The van der Waals surface area contributed by atoms with Gasteiger partial charge in [-0.3, -0.25) is 0 Å². The first-order valence-electron chi connectivity index (χ1n) is 3.48. The van der Waals surface area contributed by atoms with Crippen molar-refractivity contribution in [1.82, 2.24) is 4.98 Å². The van der Waals surface area contributed by atoms with Crippen molar-refractivity contribution in [3.63, 3.8) is 0 Å². The fourth-order valence-corrected chi connectivity index (χ4v) is 0.726. The number of nitrogens with zero attached hydrogens (tertiary/aromatic N) is 1. The van der Waals surface area contributed by atoms with Gasteiger partial charge in [-0.05, 0) is 12.1 Å². The molecule has 0 fully saturated rings. The molecule has 0 aromatic carbocycles. The Morgan fingerprint density at radius 1 is 1.45 bits per heavy atom. The Morgan fingerprint density at radius 2 is 2.27 bits per heavy atom. The lowest BCUT2D eigenvalue weighted by Crippen LogP contribution is -2.13. The molecule has 0 atom stereocenters. The standard InChI is InChI=1S/C7H12N4/c8-3-4-10-6-1-2-7(9)11-5-6/h1-2,5,10H,3-4,8H2,(H2,9,11). The highest BCUT2D eigenvalue weighted by Crippen LogP contribution is 2.05. The van der Waals surface area contributed by atoms with E-state index in [9.17, 15) is 0 Å². The van der Waals surface area contributed by atoms with Gasteiger partial charge in [-0.2, -0.15) is 0 Å². The second kappa shape index (κ2) is 3.78. The zero-order valence-electron chi connectivity index (χ0n) is 6.25. The molecule has 0 aliphatic rings. The molecule has 1 heterocycles. The summed E-state index contributed by atoms with van der Waals surface area (Å²) in [6.45, 7) is 1.37. The van der Waals surface area contributed by atoms with Crippen molar-refractivity contribution in [3.8, 4) is 0 Å². The highest BCUT2D eigenvalue weighted by atomic mass is 14.9. The number of aromatic nitrogens is 1. The number of nitrogens with two attached hydrogens (primary N) is 2. The average Bonchev–Trinajstić information content (AvgIpc) is 2.04. The van der Waals surface area contributed by atoms with Gasteiger partial charge in [0.25, 0.3) is 0 Å². The first-order valence-corrected chi connectivity index (χ1v) is 3.48. The molecule has 0 bridgehead atoms. The topological polar surface area (TPSA) is 77.0 Å². The maximum atomic E-state index is 5.39. The first kappa shape index (κ1) is 7.81. The molecule has 4 heteroatoms. The Hall–Kier alpha value is -1.29. The van der Waals surface area contributed by atoms with Gasteiger partial charge >= 0.3 is 0 Å². The van der Waals surface area contributed by atoms with Crippen LogP contribution in [0.2, 0.25) is 0 Å². The van der Waals surface area contributed by atoms with Crippen molar-refractivity contribution in [1.29, 1.82) is 0 Å². The minimum absolute atomic E-state index is 0.531. The number of hydrogen-bond donors (Lipinski definition) is 3. The average molecular weight is 152 g/mol. The molecule has 1 rings (SSSR count). The molecule has 0 unspecified atom stereocenters. The Morgan fingerprint density at radius 3 is 2.82 bits per heavy atom. The highest BCUT2D eigenvalue weighted by molar-refractivity contribution is 5.45. The van der Waals surface area contributed by atoms with Crippen molar-refractivity contribution in [2.45, 2.75) is 0 Å². The Balaban J connectivity index is 2.52. The Labute approximate surface area is 65.6 Å². The second-order valence-corrected chi connectivity index (χ2v) is 2.19. The van der Waals surface area contributed by atoms with Crippen LogP contribution in [0.1, 0.15) is 0 Å². The van der Waals surface area contributed by atoms with Crippen molar-refractivity contribution in [2.75, 3.05) is 24.1 Å². The van der Waals surface area contributed by atoms with Gasteiger partial charge in [0.05, 0.1) is 11.9 Å². The molecule has 4 nitrogen and oxygen atoms in total. The maximum Gasteiger partial charge on any atom is 0.123 e. The SMILES string of the molecule is NCCNc1ccc(N)nc1. The number of pyridine rings is 1. The fraction of sp³-hybridized carbons (Fsp3) is 0.286. The lowest BCUT2D eigenvalue weighted by Gasteiger charge is -2.02. The molecule has 1 aromatic rings. The molecule has 0 aliphatic carbocycles. The van der Waals surface area contributed by atoms with Crippen LogP contribution in [0.5, 0.6) is 0 Å². The minimum Gasteiger partial charge on any atom is -0.384 e. The van der Waals surface area contributed by atoms with Crippen molar-refractivity contribution < 1.29 is 0 Å². The van der Waals surface area contributed by atoms with Gasteiger partial charge in [0.2, 0.25) is 0 Å². The molecule has 1 aromatic heterocycles. The van der Waals surface area contributed by atoms with E-state index in [0.717, 1.165) is 12.2 Å². The van der Waals surface area contributed by atoms with Gasteiger partial charge < -0.3 is 16.8 Å². The summed E-state index contributed by atoms with van der Waals surface area (Å²) < 4.78 is 0. The molecule has 0 saturated heterocycles. The van der Waals surface area contributed by atoms with Gasteiger partial charge in [0.1, 0.15) is 5.82 Å². The molecule has 0 radical (unpaired) electrons. The molecule has 0 saturated carbocycles. The summed E-state index contributed by atoms with van der Waals surface area (Å²) in [6.07, 6.45) is 1.69. The highest BCUT2D eigenvalue weighted by Gasteiger charge is 1.89. The van der Waals surface area contributed by atoms with Gasteiger partial charge in [0, 0.05) is 13.1 Å². The van der Waals surface area contributed by atoms with E-state index in [0.29, 0.717) is 12.4 Å². The van der Waals surface area contributed by atoms with Crippen LogP contribution in [0, 0.1) is 0 Å². The van der Waals surface area contributed by atoms with Crippen LogP contribution < -0.4 is 16.8 Å². The van der Waals surface area contributed by atoms with E-state index in [2.05, 4.69) is 10.3 Å². The number of anilines is 2. The number of nitrogens with one attached hydrogen (secondary N) is 1. The largest absolute Gasteiger partial charge is 0.384 e. The lowest BCUT2D eigenvalue weighted by molar-refractivity contribution is 1.02. The van der Waals surface area contributed by atoms with Crippen molar-refractivity contribution >= 4 is 11.5 Å². The van der Waals surface area contributed by atoms with E-state index in [-0.39, 0.29) is 0 Å². The molecular weight excluding hydrogens is 140 g/mol. The van der Waals surface area contributed by atoms with E-state index >= 15 is 0 Å². The fourth-order valence-electron chi connectivity index (χ4n) is 0.726. The molecule has 0 aliphatic heterocycles. The summed E-state index contributed by atoms with van der Waals surface area (Å²) in [7, 11) is 0. The summed E-state index contributed by atoms with van der Waals surface area (Å²) in [5.41, 5.74) is 11.6. The van der Waals surface area contributed by atoms with E-state index in [4.69, 9.17) is 11.5 Å². The van der Waals surface area contributed by atoms with Gasteiger partial charge in [-0.1, -0.05) is 0 Å². The predicted octanol–water partition coefficient (Wildman–Crippen LogP) is 0.0344. The van der Waals surface area contributed by atoms with Gasteiger partial charge in [-0.15, -0.1) is 0 Å². The zero-order valence-corrected chi connectivity index (χ0v) is 6.25. The first-order chi connectivity index (χ1) is 5.33. The van der Waals surface area contributed by atoms with Crippen LogP contribution >= 0.6 is 0 Å². The Kier molecular flexibility index (Phi) is 2.68. The van der Waals surface area contributed by atoms with E-state index < -0.39 is 0 Å². The predicted molar refractivity (Wildman–Crippen MR) is 46.2 cm³/mol. The van der Waals surface area contributed by atoms with Gasteiger partial charge in [-0.25, -0.2) is 4.98 Å². The van der Waals surface area contributed by atoms with Crippen LogP contribution in [0.15, 0.2) is 18.3 Å². The third-order valence-corrected chi connectivity index (χ3v) is 1.26. The number of rotatable bonds is 3. The van der Waals surface area contributed by atoms with Crippen molar-refractivity contribution in [2.24, 2.45) is 5.73 Å². The lowest BCUT2D eigenvalue weighted by atomic mass is 10.4. The summed E-state index contributed by atoms with van der Waals surface area (Å²) in [5, 5.41) is 3.08. The minimum atomic E-state index is 0.531. The van der Waals surface area contributed by atoms with Crippen LogP contribution in [-0.2, 0) is 0 Å². The summed E-state index contributed by atoms with van der Waals surface area (Å²) in [5.74, 6) is 0.531. The van der Waals surface area contributed by atoms with E-state index in [1.165, 1.54) is 0 Å². The number of hydrogen-bond acceptors (Lipinski definition) is 4. The summed E-state index contributed by atoms with van der Waals surface area (Å²) >= 11 is 0. The second-order valence-electron chi connectivity index (χ2n) is 2.19. The molecule has 0 spiro atoms. The smallest absolute Gasteiger partial charge is 0.123 e. The third kappa shape index (κ3) is 2.43. The summed E-state index contributed by atoms with van der Waals surface area (Å²) in [6, 6.07) is 3.62. The zero-order chi connectivity index (χ0) is 8.10. The molecule has 5 N–H and O–H groups in total. The van der Waals surface area contributed by atoms with E-state index in [1.54, 1.807) is 12.3 Å². The Bertz CT molecular complexity index is 206. The van der Waals surface area contributed by atoms with Crippen LogP contribution in [0.4, 0.5) is 11.5 Å². The van der Waals surface area contributed by atoms with Crippen molar-refractivity contribution in [3.05, 3.63) is 18.3 Å². The maximum absolute atomic E-state index is 5.39. The summed E-state index contributed by atoms with van der Waals surface area (Å²) in [4.78, 5) is 3.91. The van der Waals surface area contributed by atoms with Gasteiger partial charge in [0.15, 0.2) is 0 Å². The normalized spacial score (nSPS) is 9.55.